The quantitative estimate of drug-likeness (QED) is 0.392. The maximum absolute atomic E-state index is 13.0. The fraction of sp³-hybridized carbons (Fsp3) is 0.222. The van der Waals surface area contributed by atoms with Crippen LogP contribution in [0.15, 0.2) is 77.9 Å². The first-order valence-electron chi connectivity index (χ1n) is 11.0. The number of aromatic nitrogens is 2. The van der Waals surface area contributed by atoms with Gasteiger partial charge in [-0.05, 0) is 67.4 Å². The summed E-state index contributed by atoms with van der Waals surface area (Å²) in [6, 6.07) is 20.3. The Labute approximate surface area is 199 Å². The van der Waals surface area contributed by atoms with E-state index >= 15 is 0 Å². The largest absolute Gasteiger partial charge is 0.356 e. The second-order valence-electron chi connectivity index (χ2n) is 8.41. The molecule has 6 heteroatoms. The molecule has 2 aromatic heterocycles. The van der Waals surface area contributed by atoms with E-state index in [-0.39, 0.29) is 11.6 Å². The number of benzene rings is 2. The van der Waals surface area contributed by atoms with Crippen molar-refractivity contribution in [2.45, 2.75) is 39.9 Å². The van der Waals surface area contributed by atoms with Crippen LogP contribution >= 0.6 is 12.2 Å². The van der Waals surface area contributed by atoms with E-state index in [9.17, 15) is 4.79 Å². The van der Waals surface area contributed by atoms with Gasteiger partial charge in [0.2, 0.25) is 0 Å². The van der Waals surface area contributed by atoms with Crippen molar-refractivity contribution in [3.8, 4) is 0 Å². The Bertz CT molecular complexity index is 1320. The molecule has 0 fully saturated rings. The summed E-state index contributed by atoms with van der Waals surface area (Å²) < 4.78 is 0. The van der Waals surface area contributed by atoms with Crippen LogP contribution in [-0.4, -0.2) is 20.0 Å². The molecule has 0 aliphatic heterocycles. The van der Waals surface area contributed by atoms with Crippen LogP contribution in [0.4, 0.5) is 0 Å². The van der Waals surface area contributed by atoms with Crippen molar-refractivity contribution in [2.24, 2.45) is 0 Å². The molecule has 33 heavy (non-hydrogen) atoms. The Hall–Kier alpha value is -3.51. The average Bonchev–Trinajstić information content (AvgIpc) is 2.83. The maximum atomic E-state index is 13.0. The summed E-state index contributed by atoms with van der Waals surface area (Å²) >= 11 is 5.82. The molecule has 0 unspecified atom stereocenters. The molecule has 4 aromatic rings. The third-order valence-corrected chi connectivity index (χ3v) is 6.28. The van der Waals surface area contributed by atoms with Gasteiger partial charge in [-0.2, -0.15) is 0 Å². The molecule has 0 saturated heterocycles. The van der Waals surface area contributed by atoms with E-state index in [0.29, 0.717) is 23.8 Å². The molecule has 2 aromatic carbocycles. The van der Waals surface area contributed by atoms with Crippen LogP contribution in [0.25, 0.3) is 10.9 Å². The number of hydrogen-bond acceptors (Lipinski definition) is 3. The first-order valence-corrected chi connectivity index (χ1v) is 11.4. The highest BCUT2D eigenvalue weighted by Gasteiger charge is 2.17. The van der Waals surface area contributed by atoms with Crippen molar-refractivity contribution in [2.75, 3.05) is 0 Å². The number of hydrogen-bond donors (Lipinski definition) is 2. The molecule has 1 atom stereocenters. The number of fused-ring (bicyclic) bond motifs is 1. The first kappa shape index (κ1) is 22.7. The van der Waals surface area contributed by atoms with Gasteiger partial charge in [-0.3, -0.25) is 9.78 Å². The predicted octanol–water partition coefficient (Wildman–Crippen LogP) is 5.18. The van der Waals surface area contributed by atoms with Crippen LogP contribution in [0, 0.1) is 13.8 Å². The number of H-pyrrole nitrogens is 1. The van der Waals surface area contributed by atoms with Gasteiger partial charge in [-0.15, -0.1) is 0 Å². The first-order chi connectivity index (χ1) is 15.9. The highest BCUT2D eigenvalue weighted by atomic mass is 32.1. The van der Waals surface area contributed by atoms with Crippen LogP contribution in [0.2, 0.25) is 0 Å². The lowest BCUT2D eigenvalue weighted by Gasteiger charge is -2.28. The molecule has 0 saturated carbocycles. The summed E-state index contributed by atoms with van der Waals surface area (Å²) in [5.74, 6) is 0. The molecular formula is C27H28N4OS. The molecule has 168 valence electrons. The summed E-state index contributed by atoms with van der Waals surface area (Å²) in [6.45, 7) is 7.09. The zero-order chi connectivity index (χ0) is 23.4. The maximum Gasteiger partial charge on any atom is 0.253 e. The van der Waals surface area contributed by atoms with Crippen molar-refractivity contribution in [3.63, 3.8) is 0 Å². The number of rotatable bonds is 6. The Morgan fingerprint density at radius 3 is 2.55 bits per heavy atom. The summed E-state index contributed by atoms with van der Waals surface area (Å²) in [7, 11) is 0. The lowest BCUT2D eigenvalue weighted by molar-refractivity contribution is 0.391. The average molecular weight is 457 g/mol. The van der Waals surface area contributed by atoms with Crippen LogP contribution in [0.5, 0.6) is 0 Å². The number of pyridine rings is 2. The lowest BCUT2D eigenvalue weighted by Crippen LogP contribution is -2.41. The zero-order valence-corrected chi connectivity index (χ0v) is 19.9. The molecule has 0 amide bonds. The standard InChI is InChI=1S/C27H28N4OS/c1-18-11-12-19(2)25-24(18)14-23(26(32)30-25)17-31(16-21-8-7-13-28-15-21)27(33)29-20(3)22-9-5-4-6-10-22/h4-15,20H,16-17H2,1-3H3,(H,29,33)(H,30,32)/t20-/m1/s1. The molecule has 0 aliphatic rings. The smallest absolute Gasteiger partial charge is 0.253 e. The van der Waals surface area contributed by atoms with Gasteiger partial charge in [0, 0.05) is 29.9 Å². The number of aryl methyl sites for hydroxylation is 2. The Morgan fingerprint density at radius 1 is 1.06 bits per heavy atom. The predicted molar refractivity (Wildman–Crippen MR) is 138 cm³/mol. The number of aromatic amines is 1. The van der Waals surface area contributed by atoms with Gasteiger partial charge >= 0.3 is 0 Å². The molecule has 0 spiro atoms. The van der Waals surface area contributed by atoms with Crippen LogP contribution in [0.3, 0.4) is 0 Å². The molecular weight excluding hydrogens is 428 g/mol. The Balaban J connectivity index is 1.65. The van der Waals surface area contributed by atoms with Gasteiger partial charge in [0.15, 0.2) is 5.11 Å². The summed E-state index contributed by atoms with van der Waals surface area (Å²) in [5.41, 5.74) is 5.84. The SMILES string of the molecule is Cc1ccc(C)c2[nH]c(=O)c(CN(Cc3cccnc3)C(=S)N[C@H](C)c3ccccc3)cc12. The fourth-order valence-corrected chi connectivity index (χ4v) is 4.26. The topological polar surface area (TPSA) is 61.0 Å². The third-order valence-electron chi connectivity index (χ3n) is 5.90. The van der Waals surface area contributed by atoms with Crippen molar-refractivity contribution >= 4 is 28.2 Å². The third kappa shape index (κ3) is 5.29. The molecule has 0 aliphatic carbocycles. The van der Waals surface area contributed by atoms with Crippen molar-refractivity contribution in [1.82, 2.24) is 20.2 Å². The van der Waals surface area contributed by atoms with Crippen LogP contribution < -0.4 is 10.9 Å². The van der Waals surface area contributed by atoms with Gasteiger partial charge in [-0.1, -0.05) is 48.5 Å². The lowest BCUT2D eigenvalue weighted by atomic mass is 10.0. The Morgan fingerprint density at radius 2 is 1.82 bits per heavy atom. The van der Waals surface area contributed by atoms with Crippen molar-refractivity contribution < 1.29 is 0 Å². The van der Waals surface area contributed by atoms with E-state index in [4.69, 9.17) is 12.2 Å². The van der Waals surface area contributed by atoms with Crippen LogP contribution in [0.1, 0.15) is 40.8 Å². The van der Waals surface area contributed by atoms with E-state index in [1.165, 1.54) is 0 Å². The van der Waals surface area contributed by atoms with E-state index in [1.54, 1.807) is 6.20 Å². The highest BCUT2D eigenvalue weighted by molar-refractivity contribution is 7.80. The van der Waals surface area contributed by atoms with Crippen LogP contribution in [-0.2, 0) is 13.1 Å². The van der Waals surface area contributed by atoms with Crippen molar-refractivity contribution in [1.29, 1.82) is 0 Å². The summed E-state index contributed by atoms with van der Waals surface area (Å²) in [6.07, 6.45) is 3.58. The minimum absolute atomic E-state index is 0.0369. The molecule has 2 N–H and O–H groups in total. The molecule has 0 radical (unpaired) electrons. The number of thiocarbonyl (C=S) groups is 1. The number of nitrogens with zero attached hydrogens (tertiary/aromatic N) is 2. The van der Waals surface area contributed by atoms with E-state index < -0.39 is 0 Å². The Kier molecular flexibility index (Phi) is 6.84. The van der Waals surface area contributed by atoms with Gasteiger partial charge < -0.3 is 15.2 Å². The normalized spacial score (nSPS) is 11.8. The van der Waals surface area contributed by atoms with E-state index in [2.05, 4.69) is 47.3 Å². The van der Waals surface area contributed by atoms with E-state index in [1.807, 2.05) is 60.5 Å². The minimum atomic E-state index is -0.0914. The summed E-state index contributed by atoms with van der Waals surface area (Å²) in [4.78, 5) is 22.3. The molecule has 4 rings (SSSR count). The van der Waals surface area contributed by atoms with Gasteiger partial charge in [-0.25, -0.2) is 0 Å². The second kappa shape index (κ2) is 9.96. The fourth-order valence-electron chi connectivity index (χ4n) is 3.95. The monoisotopic (exact) mass is 456 g/mol. The second-order valence-corrected chi connectivity index (χ2v) is 8.80. The van der Waals surface area contributed by atoms with Crippen molar-refractivity contribution in [3.05, 3.63) is 111 Å². The van der Waals surface area contributed by atoms with Gasteiger partial charge in [0.1, 0.15) is 0 Å². The van der Waals surface area contributed by atoms with E-state index in [0.717, 1.165) is 33.2 Å². The molecule has 2 heterocycles. The summed E-state index contributed by atoms with van der Waals surface area (Å²) in [5, 5.41) is 5.09. The zero-order valence-electron chi connectivity index (χ0n) is 19.1. The molecule has 0 bridgehead atoms. The molecule has 5 nitrogen and oxygen atoms in total. The number of nitrogens with one attached hydrogen (secondary N) is 2. The van der Waals surface area contributed by atoms with Gasteiger partial charge in [0.05, 0.1) is 18.1 Å². The van der Waals surface area contributed by atoms with Gasteiger partial charge in [0.25, 0.3) is 5.56 Å². The minimum Gasteiger partial charge on any atom is -0.356 e. The highest BCUT2D eigenvalue weighted by Crippen LogP contribution is 2.21.